The van der Waals surface area contributed by atoms with E-state index in [1.807, 2.05) is 24.3 Å². The molecule has 2 amide bonds. The number of alkyl carbamates (subject to hydrolysis) is 1. The average Bonchev–Trinajstić information content (AvgIpc) is 3.54. The van der Waals surface area contributed by atoms with Crippen molar-refractivity contribution in [3.63, 3.8) is 0 Å². The highest BCUT2D eigenvalue weighted by atomic mass is 16.5. The summed E-state index contributed by atoms with van der Waals surface area (Å²) in [6.45, 7) is 0.644. The van der Waals surface area contributed by atoms with E-state index in [1.165, 1.54) is 11.1 Å². The normalized spacial score (nSPS) is 24.0. The number of carbonyl (C=O) groups excluding carboxylic acids is 2. The van der Waals surface area contributed by atoms with E-state index in [2.05, 4.69) is 29.6 Å². The van der Waals surface area contributed by atoms with Crippen LogP contribution in [0.25, 0.3) is 11.1 Å². The van der Waals surface area contributed by atoms with Gasteiger partial charge in [-0.2, -0.15) is 0 Å². The van der Waals surface area contributed by atoms with Gasteiger partial charge in [0.1, 0.15) is 6.61 Å². The molecule has 0 saturated heterocycles. The minimum absolute atomic E-state index is 0.00784. The highest BCUT2D eigenvalue weighted by Gasteiger charge is 2.52. The Morgan fingerprint density at radius 1 is 1.00 bits per heavy atom. The number of carbonyl (C=O) groups is 3. The molecule has 35 heavy (non-hydrogen) atoms. The van der Waals surface area contributed by atoms with E-state index in [0.717, 1.165) is 30.4 Å². The minimum atomic E-state index is -0.861. The van der Waals surface area contributed by atoms with Crippen LogP contribution in [0.5, 0.6) is 0 Å². The van der Waals surface area contributed by atoms with Gasteiger partial charge >= 0.3 is 12.1 Å². The second-order valence-electron chi connectivity index (χ2n) is 10.1. The van der Waals surface area contributed by atoms with Crippen molar-refractivity contribution in [2.75, 3.05) is 20.2 Å². The quantitative estimate of drug-likeness (QED) is 0.593. The van der Waals surface area contributed by atoms with Gasteiger partial charge in [-0.05, 0) is 59.8 Å². The van der Waals surface area contributed by atoms with Gasteiger partial charge in [-0.1, -0.05) is 48.5 Å². The van der Waals surface area contributed by atoms with E-state index in [9.17, 15) is 14.4 Å². The van der Waals surface area contributed by atoms with Gasteiger partial charge in [-0.15, -0.1) is 0 Å². The van der Waals surface area contributed by atoms with E-state index in [1.54, 1.807) is 11.9 Å². The Morgan fingerprint density at radius 3 is 2.29 bits per heavy atom. The van der Waals surface area contributed by atoms with Crippen molar-refractivity contribution < 1.29 is 24.2 Å². The summed E-state index contributed by atoms with van der Waals surface area (Å²) in [6.07, 6.45) is 2.92. The smallest absolute Gasteiger partial charge is 0.407 e. The first-order valence-corrected chi connectivity index (χ1v) is 12.5. The van der Waals surface area contributed by atoms with Gasteiger partial charge in [0, 0.05) is 32.0 Å². The van der Waals surface area contributed by atoms with Crippen LogP contribution in [0.2, 0.25) is 0 Å². The van der Waals surface area contributed by atoms with Crippen LogP contribution in [0.1, 0.15) is 49.1 Å². The van der Waals surface area contributed by atoms with Gasteiger partial charge in [-0.3, -0.25) is 9.59 Å². The summed E-state index contributed by atoms with van der Waals surface area (Å²) >= 11 is 0. The highest BCUT2D eigenvalue weighted by Crippen LogP contribution is 2.49. The van der Waals surface area contributed by atoms with Crippen LogP contribution in [0, 0.1) is 17.8 Å². The lowest BCUT2D eigenvalue weighted by Crippen LogP contribution is -2.50. The molecule has 0 aliphatic heterocycles. The van der Waals surface area contributed by atoms with Crippen LogP contribution in [-0.2, 0) is 14.3 Å². The number of fused-ring (bicyclic) bond motifs is 5. The number of nitrogens with one attached hydrogen (secondary N) is 1. The van der Waals surface area contributed by atoms with Crippen molar-refractivity contribution in [1.82, 2.24) is 10.2 Å². The van der Waals surface area contributed by atoms with Gasteiger partial charge in [0.25, 0.3) is 0 Å². The lowest BCUT2D eigenvalue weighted by Gasteiger charge is -2.33. The van der Waals surface area contributed by atoms with E-state index < -0.39 is 12.1 Å². The van der Waals surface area contributed by atoms with Crippen molar-refractivity contribution >= 4 is 18.0 Å². The molecule has 2 aromatic carbocycles. The van der Waals surface area contributed by atoms with Crippen LogP contribution < -0.4 is 5.32 Å². The number of rotatable bonds is 8. The van der Waals surface area contributed by atoms with Gasteiger partial charge in [0.05, 0.1) is 5.92 Å². The van der Waals surface area contributed by atoms with Crippen LogP contribution >= 0.6 is 0 Å². The van der Waals surface area contributed by atoms with Crippen molar-refractivity contribution in [3.8, 4) is 11.1 Å². The molecule has 4 unspecified atom stereocenters. The molecular weight excluding hydrogens is 444 g/mol. The molecule has 7 heteroatoms. The third kappa shape index (κ3) is 4.51. The number of carboxylic acids is 1. The molecule has 0 heterocycles. The maximum absolute atomic E-state index is 13.2. The lowest BCUT2D eigenvalue weighted by atomic mass is 9.83. The zero-order chi connectivity index (χ0) is 24.5. The summed E-state index contributed by atoms with van der Waals surface area (Å²) in [5.41, 5.74) is 4.69. The molecule has 0 aromatic heterocycles. The van der Waals surface area contributed by atoms with Crippen LogP contribution in [0.4, 0.5) is 4.79 Å². The zero-order valence-corrected chi connectivity index (χ0v) is 20.0. The van der Waals surface area contributed by atoms with E-state index in [-0.39, 0.29) is 48.6 Å². The first-order chi connectivity index (χ1) is 16.9. The lowest BCUT2D eigenvalue weighted by molar-refractivity contribution is -0.139. The van der Waals surface area contributed by atoms with Gasteiger partial charge in [0.15, 0.2) is 0 Å². The number of amides is 2. The third-order valence-electron chi connectivity index (χ3n) is 8.09. The Kier molecular flexibility index (Phi) is 6.50. The molecule has 2 bridgehead atoms. The Balaban J connectivity index is 1.22. The molecule has 0 spiro atoms. The number of nitrogens with zero attached hydrogens (tertiary/aromatic N) is 1. The summed E-state index contributed by atoms with van der Waals surface area (Å²) in [7, 11) is 1.72. The topological polar surface area (TPSA) is 95.9 Å². The molecule has 2 N–H and O–H groups in total. The van der Waals surface area contributed by atoms with Crippen LogP contribution in [0.15, 0.2) is 48.5 Å². The molecule has 7 nitrogen and oxygen atoms in total. The van der Waals surface area contributed by atoms with Crippen molar-refractivity contribution in [3.05, 3.63) is 59.7 Å². The predicted octanol–water partition coefficient (Wildman–Crippen LogP) is 4.26. The van der Waals surface area contributed by atoms with E-state index in [4.69, 9.17) is 9.84 Å². The Labute approximate surface area is 205 Å². The number of benzene rings is 2. The van der Waals surface area contributed by atoms with Crippen LogP contribution in [-0.4, -0.2) is 54.2 Å². The molecule has 184 valence electrons. The average molecular weight is 477 g/mol. The zero-order valence-electron chi connectivity index (χ0n) is 20.0. The summed E-state index contributed by atoms with van der Waals surface area (Å²) in [6, 6.07) is 16.2. The summed E-state index contributed by atoms with van der Waals surface area (Å²) < 4.78 is 5.75. The maximum Gasteiger partial charge on any atom is 0.407 e. The third-order valence-corrected chi connectivity index (χ3v) is 8.09. The SMILES string of the molecule is CN(CCCC(=O)O)C(=O)C1C2CCC(C2)C1NC(=O)OCC1c2ccccc2-c2ccccc21. The second-order valence-corrected chi connectivity index (χ2v) is 10.1. The van der Waals surface area contributed by atoms with Crippen molar-refractivity contribution in [1.29, 1.82) is 0 Å². The monoisotopic (exact) mass is 476 g/mol. The number of hydrogen-bond donors (Lipinski definition) is 2. The molecule has 5 rings (SSSR count). The number of ether oxygens (including phenoxy) is 1. The molecule has 2 aromatic rings. The Hall–Kier alpha value is -3.35. The van der Waals surface area contributed by atoms with Crippen molar-refractivity contribution in [2.45, 2.75) is 44.1 Å². The van der Waals surface area contributed by atoms with Gasteiger partial charge < -0.3 is 20.1 Å². The van der Waals surface area contributed by atoms with E-state index >= 15 is 0 Å². The highest BCUT2D eigenvalue weighted by molar-refractivity contribution is 5.82. The molecule has 3 aliphatic rings. The summed E-state index contributed by atoms with van der Waals surface area (Å²) in [4.78, 5) is 38.6. The molecular formula is C28H32N2O5. The number of carboxylic acid groups (broad SMARTS) is 1. The van der Waals surface area contributed by atoms with Crippen LogP contribution in [0.3, 0.4) is 0 Å². The first-order valence-electron chi connectivity index (χ1n) is 12.5. The fraction of sp³-hybridized carbons (Fsp3) is 0.464. The summed E-state index contributed by atoms with van der Waals surface area (Å²) in [5.74, 6) is -0.614. The Morgan fingerprint density at radius 2 is 1.63 bits per heavy atom. The molecule has 2 fully saturated rings. The minimum Gasteiger partial charge on any atom is -0.481 e. The standard InChI is InChI=1S/C28H32N2O5/c1-30(14-6-11-24(31)32)27(33)25-17-12-13-18(15-17)26(25)29-28(34)35-16-23-21-9-4-2-7-19(21)20-8-3-5-10-22(20)23/h2-5,7-10,17-18,23,25-26H,6,11-16H2,1H3,(H,29,34)(H,31,32). The first kappa shape index (κ1) is 23.4. The number of aliphatic carboxylic acids is 1. The molecule has 4 atom stereocenters. The molecule has 2 saturated carbocycles. The maximum atomic E-state index is 13.2. The van der Waals surface area contributed by atoms with Crippen molar-refractivity contribution in [2.24, 2.45) is 17.8 Å². The Bertz CT molecular complexity index is 1090. The second kappa shape index (κ2) is 9.72. The fourth-order valence-electron chi connectivity index (χ4n) is 6.46. The van der Waals surface area contributed by atoms with E-state index in [0.29, 0.717) is 13.0 Å². The largest absolute Gasteiger partial charge is 0.481 e. The summed E-state index contributed by atoms with van der Waals surface area (Å²) in [5, 5.41) is 11.9. The molecule has 0 radical (unpaired) electrons. The fourth-order valence-corrected chi connectivity index (χ4v) is 6.46. The van der Waals surface area contributed by atoms with Gasteiger partial charge in [0.2, 0.25) is 5.91 Å². The van der Waals surface area contributed by atoms with Gasteiger partial charge in [-0.25, -0.2) is 4.79 Å². The predicted molar refractivity (Wildman–Crippen MR) is 131 cm³/mol. The molecule has 3 aliphatic carbocycles. The number of hydrogen-bond acceptors (Lipinski definition) is 4.